The summed E-state index contributed by atoms with van der Waals surface area (Å²) in [7, 11) is 0. The van der Waals surface area contributed by atoms with Gasteiger partial charge in [-0.05, 0) is 45.6 Å². The van der Waals surface area contributed by atoms with E-state index >= 15 is 0 Å². The number of carbonyl (C=O) groups is 1. The first kappa shape index (κ1) is 21.3. The van der Waals surface area contributed by atoms with E-state index in [9.17, 15) is 4.79 Å². The molecule has 178 valence electrons. The summed E-state index contributed by atoms with van der Waals surface area (Å²) in [6.45, 7) is 6.67. The van der Waals surface area contributed by atoms with Crippen molar-refractivity contribution in [2.75, 3.05) is 37.6 Å². The van der Waals surface area contributed by atoms with Gasteiger partial charge in [0.05, 0.1) is 17.9 Å². The van der Waals surface area contributed by atoms with Gasteiger partial charge in [-0.1, -0.05) is 0 Å². The van der Waals surface area contributed by atoms with Crippen LogP contribution in [0.25, 0.3) is 5.65 Å². The largest absolute Gasteiger partial charge is 0.355 e. The minimum absolute atomic E-state index is 0.00398. The van der Waals surface area contributed by atoms with Gasteiger partial charge in [-0.25, -0.2) is 19.9 Å². The third kappa shape index (κ3) is 3.88. The quantitative estimate of drug-likeness (QED) is 0.618. The van der Waals surface area contributed by atoms with Crippen molar-refractivity contribution in [3.8, 4) is 0 Å². The van der Waals surface area contributed by atoms with Gasteiger partial charge in [-0.15, -0.1) is 0 Å². The van der Waals surface area contributed by atoms with Crippen molar-refractivity contribution < 1.29 is 4.79 Å². The van der Waals surface area contributed by atoms with E-state index in [1.54, 1.807) is 0 Å². The Morgan fingerprint density at radius 2 is 2.09 bits per heavy atom. The average molecular weight is 454 g/mol. The van der Waals surface area contributed by atoms with E-state index in [0.29, 0.717) is 0 Å². The lowest BCUT2D eigenvalue weighted by Crippen LogP contribution is -2.53. The maximum atomic E-state index is 13.6. The number of aryl methyl sites for hydroxylation is 1. The molecule has 4 N–H and O–H groups in total. The van der Waals surface area contributed by atoms with Crippen LogP contribution in [0.15, 0.2) is 12.3 Å². The van der Waals surface area contributed by atoms with Crippen molar-refractivity contribution in [3.05, 3.63) is 23.5 Å². The molecule has 0 spiro atoms. The summed E-state index contributed by atoms with van der Waals surface area (Å²) in [6.07, 6.45) is 8.34. The molecule has 2 unspecified atom stereocenters. The highest BCUT2D eigenvalue weighted by Crippen LogP contribution is 2.33. The molecule has 10 nitrogen and oxygen atoms in total. The Kier molecular flexibility index (Phi) is 5.48. The molecule has 0 radical (unpaired) electrons. The summed E-state index contributed by atoms with van der Waals surface area (Å²) in [5.41, 5.74) is 12.5. The number of anilines is 1. The van der Waals surface area contributed by atoms with E-state index in [0.717, 1.165) is 94.0 Å². The van der Waals surface area contributed by atoms with Gasteiger partial charge in [0.1, 0.15) is 11.9 Å². The number of likely N-dealkylation sites (tertiary alicyclic amines) is 1. The van der Waals surface area contributed by atoms with Gasteiger partial charge in [-0.2, -0.15) is 5.10 Å². The fourth-order valence-corrected chi connectivity index (χ4v) is 5.97. The molecule has 1 amide bonds. The summed E-state index contributed by atoms with van der Waals surface area (Å²) in [5, 5.41) is 10.6. The van der Waals surface area contributed by atoms with Gasteiger partial charge in [-0.3, -0.25) is 4.79 Å². The normalized spacial score (nSPS) is 30.8. The van der Waals surface area contributed by atoms with E-state index in [1.807, 2.05) is 4.52 Å². The Labute approximate surface area is 194 Å². The van der Waals surface area contributed by atoms with Gasteiger partial charge in [0, 0.05) is 56.5 Å². The molecule has 6 heterocycles. The minimum atomic E-state index is -0.162. The highest BCUT2D eigenvalue weighted by Gasteiger charge is 2.41. The lowest BCUT2D eigenvalue weighted by molar-refractivity contribution is -0.137. The number of rotatable bonds is 3. The van der Waals surface area contributed by atoms with Gasteiger partial charge >= 0.3 is 0 Å². The van der Waals surface area contributed by atoms with Gasteiger partial charge in [0.15, 0.2) is 5.65 Å². The van der Waals surface area contributed by atoms with Crippen LogP contribution in [0.2, 0.25) is 0 Å². The molecule has 2 aromatic heterocycles. The SMILES string of the molecule is Cc1cn2nc([C@@H]3CCCCN3C(=O)C3CC4NCCCN4N3)cc2nc1N1CC[C@H](N)C1. The molecule has 4 fully saturated rings. The molecule has 4 atom stereocenters. The van der Waals surface area contributed by atoms with E-state index < -0.39 is 0 Å². The second-order valence-corrected chi connectivity index (χ2v) is 10.1. The van der Waals surface area contributed by atoms with Crippen molar-refractivity contribution in [2.24, 2.45) is 5.73 Å². The monoisotopic (exact) mass is 453 g/mol. The number of aromatic nitrogens is 3. The Bertz CT molecular complexity index is 1020. The third-order valence-electron chi connectivity index (χ3n) is 7.69. The Balaban J connectivity index is 1.25. The number of hydrazine groups is 1. The molecule has 10 heteroatoms. The molecule has 2 aromatic rings. The Morgan fingerprint density at radius 1 is 1.18 bits per heavy atom. The summed E-state index contributed by atoms with van der Waals surface area (Å²) in [5.74, 6) is 1.20. The lowest BCUT2D eigenvalue weighted by Gasteiger charge is -2.36. The predicted octanol–water partition coefficient (Wildman–Crippen LogP) is 0.527. The second kappa shape index (κ2) is 8.50. The molecular formula is C23H35N9O. The molecule has 4 saturated heterocycles. The first-order valence-corrected chi connectivity index (χ1v) is 12.5. The molecule has 0 bridgehead atoms. The number of nitrogens with one attached hydrogen (secondary N) is 2. The average Bonchev–Trinajstić information content (AvgIpc) is 3.55. The smallest absolute Gasteiger partial charge is 0.241 e. The van der Waals surface area contributed by atoms with Gasteiger partial charge < -0.3 is 20.9 Å². The number of amides is 1. The summed E-state index contributed by atoms with van der Waals surface area (Å²) in [6, 6.07) is 2.13. The fraction of sp³-hybridized carbons (Fsp3) is 0.696. The number of hydrogen-bond acceptors (Lipinski definition) is 8. The summed E-state index contributed by atoms with van der Waals surface area (Å²) >= 11 is 0. The van der Waals surface area contributed by atoms with Crippen LogP contribution < -0.4 is 21.4 Å². The molecule has 4 aliphatic heterocycles. The Hall–Kier alpha value is -2.27. The molecule has 4 aliphatic rings. The molecule has 0 saturated carbocycles. The maximum absolute atomic E-state index is 13.6. The van der Waals surface area contributed by atoms with Gasteiger partial charge in [0.2, 0.25) is 5.91 Å². The van der Waals surface area contributed by atoms with Crippen molar-refractivity contribution in [1.29, 1.82) is 0 Å². The van der Waals surface area contributed by atoms with E-state index in [2.05, 4.69) is 44.7 Å². The second-order valence-electron chi connectivity index (χ2n) is 10.1. The number of nitrogens with zero attached hydrogens (tertiary/aromatic N) is 6. The zero-order valence-corrected chi connectivity index (χ0v) is 19.4. The topological polar surface area (TPSA) is 107 Å². The number of carbonyl (C=O) groups excluding carboxylic acids is 1. The highest BCUT2D eigenvalue weighted by molar-refractivity contribution is 5.82. The number of fused-ring (bicyclic) bond motifs is 2. The van der Waals surface area contributed by atoms with E-state index in [-0.39, 0.29) is 30.2 Å². The van der Waals surface area contributed by atoms with Crippen LogP contribution in [0, 0.1) is 6.92 Å². The fourth-order valence-electron chi connectivity index (χ4n) is 5.97. The molecule has 6 rings (SSSR count). The molecule has 33 heavy (non-hydrogen) atoms. The summed E-state index contributed by atoms with van der Waals surface area (Å²) < 4.78 is 1.87. The van der Waals surface area contributed by atoms with Crippen LogP contribution >= 0.6 is 0 Å². The van der Waals surface area contributed by atoms with Crippen LogP contribution in [0.4, 0.5) is 5.82 Å². The third-order valence-corrected chi connectivity index (χ3v) is 7.69. The maximum Gasteiger partial charge on any atom is 0.241 e. The molecular weight excluding hydrogens is 418 g/mol. The van der Waals surface area contributed by atoms with Crippen molar-refractivity contribution in [2.45, 2.75) is 69.7 Å². The van der Waals surface area contributed by atoms with E-state index in [1.165, 1.54) is 0 Å². The molecule has 0 aliphatic carbocycles. The number of nitrogens with two attached hydrogens (primary N) is 1. The first-order chi connectivity index (χ1) is 16.1. The number of piperidine rings is 1. The minimum Gasteiger partial charge on any atom is -0.355 e. The molecule has 0 aromatic carbocycles. The van der Waals surface area contributed by atoms with Crippen LogP contribution in [0.5, 0.6) is 0 Å². The van der Waals surface area contributed by atoms with E-state index in [4.69, 9.17) is 15.8 Å². The van der Waals surface area contributed by atoms with Crippen LogP contribution in [-0.2, 0) is 4.79 Å². The standard InChI is InChI=1S/C23H35N9O/c1-15-13-32-21(26-22(15)29-10-6-16(24)14-29)11-17(27-32)19-5-2-3-8-30(19)23(33)18-12-20-25-7-4-9-31(20)28-18/h11,13,16,18-20,25,28H,2-10,12,14,24H2,1H3/t16-,18?,19-,20?/m0/s1. The summed E-state index contributed by atoms with van der Waals surface area (Å²) in [4.78, 5) is 22.9. The predicted molar refractivity (Wildman–Crippen MR) is 125 cm³/mol. The zero-order valence-electron chi connectivity index (χ0n) is 19.4. The van der Waals surface area contributed by atoms with Crippen LogP contribution in [0.1, 0.15) is 55.8 Å². The Morgan fingerprint density at radius 3 is 2.91 bits per heavy atom. The number of hydrogen-bond donors (Lipinski definition) is 3. The van der Waals surface area contributed by atoms with Crippen molar-refractivity contribution in [3.63, 3.8) is 0 Å². The van der Waals surface area contributed by atoms with Crippen molar-refractivity contribution >= 4 is 17.4 Å². The highest BCUT2D eigenvalue weighted by atomic mass is 16.2. The first-order valence-electron chi connectivity index (χ1n) is 12.5. The van der Waals surface area contributed by atoms with Crippen molar-refractivity contribution in [1.82, 2.24) is 35.2 Å². The van der Waals surface area contributed by atoms with Crippen LogP contribution in [0.3, 0.4) is 0 Å². The zero-order chi connectivity index (χ0) is 22.5. The van der Waals surface area contributed by atoms with Crippen LogP contribution in [-0.4, -0.2) is 81.4 Å². The van der Waals surface area contributed by atoms with Gasteiger partial charge in [0.25, 0.3) is 0 Å². The lowest BCUT2D eigenvalue weighted by atomic mass is 9.98.